The van der Waals surface area contributed by atoms with E-state index in [1.807, 2.05) is 36.1 Å². The minimum atomic E-state index is -0.169. The Morgan fingerprint density at radius 1 is 1.19 bits per heavy atom. The van der Waals surface area contributed by atoms with Crippen molar-refractivity contribution < 1.29 is 9.53 Å². The van der Waals surface area contributed by atoms with Gasteiger partial charge in [0, 0.05) is 41.2 Å². The molecule has 0 unspecified atom stereocenters. The number of benzene rings is 1. The fourth-order valence-corrected chi connectivity index (χ4v) is 5.11. The second kappa shape index (κ2) is 7.08. The second-order valence-electron chi connectivity index (χ2n) is 8.55. The number of pyridine rings is 1. The number of fused-ring (bicyclic) bond motifs is 3. The van der Waals surface area contributed by atoms with Crippen LogP contribution >= 0.6 is 0 Å². The van der Waals surface area contributed by atoms with Crippen molar-refractivity contribution in [2.45, 2.75) is 38.0 Å². The predicted octanol–water partition coefficient (Wildman–Crippen LogP) is 2.34. The van der Waals surface area contributed by atoms with Crippen LogP contribution in [0.3, 0.4) is 0 Å². The molecule has 3 N–H and O–H groups in total. The van der Waals surface area contributed by atoms with Crippen molar-refractivity contribution in [2.24, 2.45) is 0 Å². The molecule has 1 fully saturated rings. The van der Waals surface area contributed by atoms with E-state index >= 15 is 0 Å². The van der Waals surface area contributed by atoms with Crippen LogP contribution in [0, 0.1) is 6.92 Å². The van der Waals surface area contributed by atoms with E-state index in [1.54, 1.807) is 7.11 Å². The van der Waals surface area contributed by atoms with Crippen molar-refractivity contribution in [3.63, 3.8) is 0 Å². The number of carbonyl (C=O) groups is 1. The molecule has 2 aromatic heterocycles. The highest BCUT2D eigenvalue weighted by atomic mass is 16.5. The number of rotatable bonds is 2. The van der Waals surface area contributed by atoms with Crippen molar-refractivity contribution in [3.05, 3.63) is 57.1 Å². The largest absolute Gasteiger partial charge is 0.497 e. The molecule has 1 spiro atoms. The number of H-pyrrole nitrogens is 1. The first-order valence-electron chi connectivity index (χ1n) is 10.5. The van der Waals surface area contributed by atoms with Gasteiger partial charge in [-0.2, -0.15) is 0 Å². The summed E-state index contributed by atoms with van der Waals surface area (Å²) in [5.74, 6) is 0.885. The summed E-state index contributed by atoms with van der Waals surface area (Å²) in [5, 5.41) is 0.823. The number of nitrogen functional groups attached to an aromatic ring is 1. The number of anilines is 1. The maximum atomic E-state index is 13.5. The molecule has 1 amide bonds. The van der Waals surface area contributed by atoms with Gasteiger partial charge in [-0.1, -0.05) is 0 Å². The number of amides is 1. The fourth-order valence-electron chi connectivity index (χ4n) is 5.11. The van der Waals surface area contributed by atoms with E-state index in [0.29, 0.717) is 30.8 Å². The number of nitrogens with zero attached hydrogens (tertiary/aromatic N) is 3. The lowest BCUT2D eigenvalue weighted by atomic mass is 9.76. The van der Waals surface area contributed by atoms with Gasteiger partial charge < -0.3 is 15.4 Å². The van der Waals surface area contributed by atoms with Gasteiger partial charge in [0.15, 0.2) is 0 Å². The third-order valence-corrected chi connectivity index (χ3v) is 6.77. The molecule has 8 nitrogen and oxygen atoms in total. The number of ether oxygens (including phenoxy) is 1. The minimum absolute atomic E-state index is 0.00659. The zero-order chi connectivity index (χ0) is 21.8. The van der Waals surface area contributed by atoms with Gasteiger partial charge in [-0.3, -0.25) is 19.6 Å². The summed E-state index contributed by atoms with van der Waals surface area (Å²) in [6, 6.07) is 7.46. The lowest BCUT2D eigenvalue weighted by Gasteiger charge is -2.39. The van der Waals surface area contributed by atoms with Gasteiger partial charge in [0.05, 0.1) is 23.9 Å². The molecule has 0 radical (unpaired) electrons. The molecule has 3 aromatic rings. The first-order chi connectivity index (χ1) is 14.9. The summed E-state index contributed by atoms with van der Waals surface area (Å²) in [5.41, 5.74) is 9.30. The number of likely N-dealkylation sites (tertiary alicyclic amines) is 1. The van der Waals surface area contributed by atoms with E-state index in [9.17, 15) is 9.59 Å². The highest BCUT2D eigenvalue weighted by Crippen LogP contribution is 2.44. The molecule has 0 bridgehead atoms. The van der Waals surface area contributed by atoms with Gasteiger partial charge in [-0.25, -0.2) is 4.98 Å². The van der Waals surface area contributed by atoms with Crippen LogP contribution in [0.15, 0.2) is 29.1 Å². The number of carbonyl (C=O) groups excluding carboxylic acids is 1. The summed E-state index contributed by atoms with van der Waals surface area (Å²) in [7, 11) is 1.62. The highest BCUT2D eigenvalue weighted by Gasteiger charge is 2.44. The van der Waals surface area contributed by atoms with Crippen LogP contribution < -0.4 is 16.0 Å². The maximum absolute atomic E-state index is 13.5. The summed E-state index contributed by atoms with van der Waals surface area (Å²) < 4.78 is 5.30. The second-order valence-corrected chi connectivity index (χ2v) is 8.55. The van der Waals surface area contributed by atoms with Gasteiger partial charge in [0.1, 0.15) is 5.75 Å². The molecule has 31 heavy (non-hydrogen) atoms. The predicted molar refractivity (Wildman–Crippen MR) is 117 cm³/mol. The molecule has 1 saturated heterocycles. The number of nitrogens with two attached hydrogens (primary N) is 1. The van der Waals surface area contributed by atoms with Crippen LogP contribution in [0.1, 0.15) is 46.6 Å². The Kier molecular flexibility index (Phi) is 4.46. The van der Waals surface area contributed by atoms with E-state index in [1.165, 1.54) is 0 Å². The van der Waals surface area contributed by atoms with Crippen LogP contribution in [0.4, 0.5) is 5.95 Å². The van der Waals surface area contributed by atoms with Crippen LogP contribution in [0.2, 0.25) is 0 Å². The Balaban J connectivity index is 1.43. The topological polar surface area (TPSA) is 114 Å². The van der Waals surface area contributed by atoms with E-state index in [-0.39, 0.29) is 22.8 Å². The van der Waals surface area contributed by atoms with E-state index in [0.717, 1.165) is 47.1 Å². The number of methoxy groups -OCH3 is 1. The van der Waals surface area contributed by atoms with E-state index in [4.69, 9.17) is 10.5 Å². The van der Waals surface area contributed by atoms with Crippen molar-refractivity contribution >= 4 is 22.8 Å². The van der Waals surface area contributed by atoms with Gasteiger partial charge >= 0.3 is 0 Å². The maximum Gasteiger partial charge on any atom is 0.255 e. The molecule has 0 saturated carbocycles. The Bertz CT molecular complexity index is 1260. The monoisotopic (exact) mass is 419 g/mol. The molecule has 1 aliphatic heterocycles. The summed E-state index contributed by atoms with van der Waals surface area (Å²) >= 11 is 0. The van der Waals surface area contributed by atoms with Crippen LogP contribution in [0.5, 0.6) is 5.75 Å². The number of aryl methyl sites for hydroxylation is 1. The third kappa shape index (κ3) is 3.13. The lowest BCUT2D eigenvalue weighted by Crippen LogP contribution is -2.45. The number of hydrogen-bond acceptors (Lipinski definition) is 6. The van der Waals surface area contributed by atoms with Crippen LogP contribution in [-0.4, -0.2) is 46.0 Å². The number of aromatic amines is 1. The molecule has 3 heterocycles. The molecule has 2 aliphatic rings. The summed E-state index contributed by atoms with van der Waals surface area (Å²) in [4.78, 5) is 39.3. The normalized spacial score (nSPS) is 17.2. The number of hydrogen-bond donors (Lipinski definition) is 2. The Morgan fingerprint density at radius 3 is 2.71 bits per heavy atom. The molecular weight excluding hydrogens is 394 g/mol. The minimum Gasteiger partial charge on any atom is -0.497 e. The van der Waals surface area contributed by atoms with Gasteiger partial charge in [0.25, 0.3) is 11.5 Å². The zero-order valence-electron chi connectivity index (χ0n) is 17.7. The molecule has 8 heteroatoms. The number of piperidine rings is 1. The summed E-state index contributed by atoms with van der Waals surface area (Å²) in [6.45, 7) is 3.13. The van der Waals surface area contributed by atoms with Gasteiger partial charge in [0.2, 0.25) is 5.95 Å². The first kappa shape index (κ1) is 19.5. The molecule has 0 atom stereocenters. The van der Waals surface area contributed by atoms with Crippen molar-refractivity contribution in [1.82, 2.24) is 19.9 Å². The van der Waals surface area contributed by atoms with Crippen LogP contribution in [0.25, 0.3) is 10.9 Å². The van der Waals surface area contributed by atoms with Crippen molar-refractivity contribution in [1.29, 1.82) is 0 Å². The number of nitrogens with one attached hydrogen (secondary N) is 1. The van der Waals surface area contributed by atoms with Crippen molar-refractivity contribution in [3.8, 4) is 5.75 Å². The van der Waals surface area contributed by atoms with E-state index < -0.39 is 0 Å². The standard InChI is InChI=1S/C23H25N5O3/c1-13-11-17(15-4-3-14(31-2)12-18(15)25-13)21(30)28-9-7-23(8-10-28)6-5-16-19(23)26-22(24)27-20(16)29/h3-4,11-12H,5-10H2,1-2H3,(H3,24,26,27,29). The zero-order valence-corrected chi connectivity index (χ0v) is 17.7. The summed E-state index contributed by atoms with van der Waals surface area (Å²) in [6.07, 6.45) is 3.14. The Labute approximate surface area is 179 Å². The smallest absolute Gasteiger partial charge is 0.255 e. The fraction of sp³-hybridized carbons (Fsp3) is 0.391. The average molecular weight is 419 g/mol. The SMILES string of the molecule is COc1ccc2c(C(=O)N3CCC4(CCc5c4nc(N)[nH]c5=O)CC3)cc(C)nc2c1. The molecule has 1 aromatic carbocycles. The Morgan fingerprint density at radius 2 is 1.97 bits per heavy atom. The van der Waals surface area contributed by atoms with Crippen LogP contribution in [-0.2, 0) is 11.8 Å². The molecule has 160 valence electrons. The molecular formula is C23H25N5O3. The average Bonchev–Trinajstić information content (AvgIpc) is 3.10. The molecule has 1 aliphatic carbocycles. The first-order valence-corrected chi connectivity index (χ1v) is 10.5. The van der Waals surface area contributed by atoms with Gasteiger partial charge in [-0.15, -0.1) is 0 Å². The van der Waals surface area contributed by atoms with Crippen molar-refractivity contribution in [2.75, 3.05) is 25.9 Å². The number of aromatic nitrogens is 3. The molecule has 5 rings (SSSR count). The van der Waals surface area contributed by atoms with E-state index in [2.05, 4.69) is 15.0 Å². The highest BCUT2D eigenvalue weighted by molar-refractivity contribution is 6.06. The third-order valence-electron chi connectivity index (χ3n) is 6.77. The van der Waals surface area contributed by atoms with Gasteiger partial charge in [-0.05, 0) is 50.8 Å². The lowest BCUT2D eigenvalue weighted by molar-refractivity contribution is 0.0665. The quantitative estimate of drug-likeness (QED) is 0.659. The Hall–Kier alpha value is -3.42.